The van der Waals surface area contributed by atoms with Crippen LogP contribution in [0.2, 0.25) is 0 Å². The van der Waals surface area contributed by atoms with Gasteiger partial charge in [0.25, 0.3) is 0 Å². The fourth-order valence-electron chi connectivity index (χ4n) is 3.04. The minimum Gasteiger partial charge on any atom is -0.388 e. The highest BCUT2D eigenvalue weighted by atomic mass is 19.1. The fourth-order valence-corrected chi connectivity index (χ4v) is 3.04. The van der Waals surface area contributed by atoms with E-state index in [2.05, 4.69) is 4.90 Å². The molecule has 2 aromatic carbocycles. The van der Waals surface area contributed by atoms with Gasteiger partial charge in [0, 0.05) is 25.6 Å². The maximum absolute atomic E-state index is 13.1. The van der Waals surface area contributed by atoms with E-state index in [1.54, 1.807) is 12.1 Å². The Balaban J connectivity index is 1.83. The van der Waals surface area contributed by atoms with E-state index in [4.69, 9.17) is 4.74 Å². The van der Waals surface area contributed by atoms with Gasteiger partial charge in [0.1, 0.15) is 5.82 Å². The minimum atomic E-state index is -0.666. The quantitative estimate of drug-likeness (QED) is 0.921. The van der Waals surface area contributed by atoms with E-state index in [-0.39, 0.29) is 11.7 Å². The zero-order valence-electron chi connectivity index (χ0n) is 13.1. The second kappa shape index (κ2) is 7.68. The molecule has 1 saturated heterocycles. The van der Waals surface area contributed by atoms with Crippen molar-refractivity contribution in [3.8, 4) is 0 Å². The Morgan fingerprint density at radius 1 is 0.957 bits per heavy atom. The molecule has 0 saturated carbocycles. The van der Waals surface area contributed by atoms with Crippen molar-refractivity contribution in [1.82, 2.24) is 4.90 Å². The third-order valence-corrected chi connectivity index (χ3v) is 4.38. The van der Waals surface area contributed by atoms with Gasteiger partial charge in [-0.3, -0.25) is 4.90 Å². The summed E-state index contributed by atoms with van der Waals surface area (Å²) in [5.41, 5.74) is 1.84. The van der Waals surface area contributed by atoms with E-state index in [0.29, 0.717) is 0 Å². The van der Waals surface area contributed by atoms with Crippen LogP contribution < -0.4 is 0 Å². The van der Waals surface area contributed by atoms with Gasteiger partial charge >= 0.3 is 0 Å². The summed E-state index contributed by atoms with van der Waals surface area (Å²) < 4.78 is 18.5. The Hall–Kier alpha value is -1.75. The third kappa shape index (κ3) is 4.16. The average Bonchev–Trinajstić information content (AvgIpc) is 2.61. The maximum Gasteiger partial charge on any atom is 0.123 e. The largest absolute Gasteiger partial charge is 0.388 e. The molecule has 1 aliphatic rings. The first-order valence-corrected chi connectivity index (χ1v) is 8.02. The summed E-state index contributed by atoms with van der Waals surface area (Å²) in [5.74, 6) is -0.342. The molecule has 0 bridgehead atoms. The van der Waals surface area contributed by atoms with Gasteiger partial charge in [-0.2, -0.15) is 0 Å². The molecule has 2 atom stereocenters. The van der Waals surface area contributed by atoms with Crippen molar-refractivity contribution >= 4 is 0 Å². The number of hydrogen-bond donors (Lipinski definition) is 1. The van der Waals surface area contributed by atoms with Crippen LogP contribution in [0.4, 0.5) is 4.39 Å². The van der Waals surface area contributed by atoms with Crippen LogP contribution in [0.1, 0.15) is 23.1 Å². The maximum atomic E-state index is 13.1. The zero-order chi connectivity index (χ0) is 16.1. The number of morpholine rings is 1. The normalized spacial score (nSPS) is 18.5. The Morgan fingerprint density at radius 2 is 1.61 bits per heavy atom. The lowest BCUT2D eigenvalue weighted by Gasteiger charge is -2.33. The van der Waals surface area contributed by atoms with Crippen molar-refractivity contribution in [3.63, 3.8) is 0 Å². The van der Waals surface area contributed by atoms with Crippen LogP contribution in [0.15, 0.2) is 54.6 Å². The lowest BCUT2D eigenvalue weighted by molar-refractivity contribution is 0.0240. The van der Waals surface area contributed by atoms with Crippen molar-refractivity contribution in [2.75, 3.05) is 32.8 Å². The molecule has 1 fully saturated rings. The number of benzene rings is 2. The molecule has 2 aromatic rings. The molecule has 1 aliphatic heterocycles. The first-order chi connectivity index (χ1) is 11.2. The number of ether oxygens (including phenoxy) is 1. The van der Waals surface area contributed by atoms with Crippen LogP contribution in [0, 0.1) is 5.82 Å². The van der Waals surface area contributed by atoms with Crippen LogP contribution in [0.3, 0.4) is 0 Å². The number of rotatable bonds is 5. The second-order valence-electron chi connectivity index (χ2n) is 5.93. The van der Waals surface area contributed by atoms with Crippen LogP contribution in [0.5, 0.6) is 0 Å². The Labute approximate surface area is 136 Å². The standard InChI is InChI=1S/C19H22FNO2/c20-17-8-6-16(7-9-17)19(22)18(15-4-2-1-3-5-15)14-21-10-12-23-13-11-21/h1-9,18-19,22H,10-14H2/t18-,19-/m0/s1. The highest BCUT2D eigenvalue weighted by Crippen LogP contribution is 2.32. The summed E-state index contributed by atoms with van der Waals surface area (Å²) >= 11 is 0. The minimum absolute atomic E-state index is 0.0558. The summed E-state index contributed by atoms with van der Waals surface area (Å²) in [6.07, 6.45) is -0.666. The molecule has 122 valence electrons. The highest BCUT2D eigenvalue weighted by molar-refractivity contribution is 5.27. The molecule has 1 heterocycles. The predicted molar refractivity (Wildman–Crippen MR) is 87.8 cm³/mol. The molecular weight excluding hydrogens is 293 g/mol. The van der Waals surface area contributed by atoms with Gasteiger partial charge in [-0.1, -0.05) is 42.5 Å². The third-order valence-electron chi connectivity index (χ3n) is 4.38. The molecular formula is C19H22FNO2. The summed E-state index contributed by atoms with van der Waals surface area (Å²) in [6, 6.07) is 16.1. The molecule has 0 aromatic heterocycles. The molecule has 0 amide bonds. The molecule has 0 unspecified atom stereocenters. The van der Waals surface area contributed by atoms with E-state index in [1.165, 1.54) is 12.1 Å². The van der Waals surface area contributed by atoms with E-state index in [1.807, 2.05) is 30.3 Å². The van der Waals surface area contributed by atoms with Crippen molar-refractivity contribution in [1.29, 1.82) is 0 Å². The van der Waals surface area contributed by atoms with Crippen LogP contribution >= 0.6 is 0 Å². The molecule has 1 N–H and O–H groups in total. The van der Waals surface area contributed by atoms with Gasteiger partial charge in [0.05, 0.1) is 19.3 Å². The van der Waals surface area contributed by atoms with Gasteiger partial charge in [0.2, 0.25) is 0 Å². The first-order valence-electron chi connectivity index (χ1n) is 8.02. The number of aliphatic hydroxyl groups is 1. The molecule has 23 heavy (non-hydrogen) atoms. The van der Waals surface area contributed by atoms with Crippen LogP contribution in [-0.2, 0) is 4.74 Å². The van der Waals surface area contributed by atoms with Crippen molar-refractivity contribution < 1.29 is 14.2 Å². The molecule has 0 aliphatic carbocycles. The van der Waals surface area contributed by atoms with Gasteiger partial charge < -0.3 is 9.84 Å². The molecule has 3 rings (SSSR count). The predicted octanol–water partition coefficient (Wildman–Crippen LogP) is 2.98. The number of nitrogens with zero attached hydrogens (tertiary/aromatic N) is 1. The summed E-state index contributed by atoms with van der Waals surface area (Å²) in [5, 5.41) is 10.9. The Morgan fingerprint density at radius 3 is 2.26 bits per heavy atom. The van der Waals surface area contributed by atoms with E-state index < -0.39 is 6.10 Å². The van der Waals surface area contributed by atoms with E-state index in [0.717, 1.165) is 44.0 Å². The molecule has 4 heteroatoms. The average molecular weight is 315 g/mol. The Bertz CT molecular complexity index is 597. The number of halogens is 1. The summed E-state index contributed by atoms with van der Waals surface area (Å²) in [4.78, 5) is 2.31. The van der Waals surface area contributed by atoms with Crippen molar-refractivity contribution in [2.24, 2.45) is 0 Å². The molecule has 0 radical (unpaired) electrons. The van der Waals surface area contributed by atoms with Crippen LogP contribution in [0.25, 0.3) is 0 Å². The van der Waals surface area contributed by atoms with Gasteiger partial charge in [-0.15, -0.1) is 0 Å². The fraction of sp³-hybridized carbons (Fsp3) is 0.368. The molecule has 0 spiro atoms. The van der Waals surface area contributed by atoms with E-state index >= 15 is 0 Å². The Kier molecular flexibility index (Phi) is 5.39. The van der Waals surface area contributed by atoms with Gasteiger partial charge in [-0.25, -0.2) is 4.39 Å². The van der Waals surface area contributed by atoms with Crippen molar-refractivity contribution in [2.45, 2.75) is 12.0 Å². The van der Waals surface area contributed by atoms with Gasteiger partial charge in [-0.05, 0) is 23.3 Å². The van der Waals surface area contributed by atoms with Crippen molar-refractivity contribution in [3.05, 3.63) is 71.5 Å². The summed E-state index contributed by atoms with van der Waals surface area (Å²) in [6.45, 7) is 3.97. The van der Waals surface area contributed by atoms with Gasteiger partial charge in [0.15, 0.2) is 0 Å². The molecule has 3 nitrogen and oxygen atoms in total. The van der Waals surface area contributed by atoms with E-state index in [9.17, 15) is 9.50 Å². The monoisotopic (exact) mass is 315 g/mol. The summed E-state index contributed by atoms with van der Waals surface area (Å²) in [7, 11) is 0. The zero-order valence-corrected chi connectivity index (χ0v) is 13.1. The first kappa shape index (κ1) is 16.1. The SMILES string of the molecule is O[C@@H](c1ccc(F)cc1)[C@@H](CN1CCOCC1)c1ccccc1. The topological polar surface area (TPSA) is 32.7 Å². The number of hydrogen-bond acceptors (Lipinski definition) is 3. The smallest absolute Gasteiger partial charge is 0.123 e. The highest BCUT2D eigenvalue weighted by Gasteiger charge is 2.26. The lowest BCUT2D eigenvalue weighted by atomic mass is 9.88. The number of aliphatic hydroxyl groups excluding tert-OH is 1. The van der Waals surface area contributed by atoms with Crippen LogP contribution in [-0.4, -0.2) is 42.9 Å². The lowest BCUT2D eigenvalue weighted by Crippen LogP contribution is -2.39. The second-order valence-corrected chi connectivity index (χ2v) is 5.93.